The molecule has 2 aromatic rings. The van der Waals surface area contributed by atoms with Gasteiger partial charge in [0.25, 0.3) is 5.91 Å². The molecule has 0 aliphatic heterocycles. The van der Waals surface area contributed by atoms with Crippen LogP contribution < -0.4 is 10.6 Å². The minimum atomic E-state index is -0.213. The van der Waals surface area contributed by atoms with E-state index in [4.69, 9.17) is 0 Å². The van der Waals surface area contributed by atoms with Crippen LogP contribution in [0, 0.1) is 13.8 Å². The minimum Gasteiger partial charge on any atom is -0.369 e. The molecule has 0 spiro atoms. The molecule has 21 heavy (non-hydrogen) atoms. The average Bonchev–Trinajstić information content (AvgIpc) is 2.77. The van der Waals surface area contributed by atoms with E-state index in [0.29, 0.717) is 17.1 Å². The quantitative estimate of drug-likeness (QED) is 0.771. The monoisotopic (exact) mass is 351 g/mol. The van der Waals surface area contributed by atoms with E-state index in [2.05, 4.69) is 48.7 Å². The van der Waals surface area contributed by atoms with Gasteiger partial charge in [0.05, 0.1) is 22.6 Å². The van der Waals surface area contributed by atoms with E-state index < -0.39 is 0 Å². The molecular formula is C14H18BrN5O. The number of aromatic amines is 1. The molecule has 0 saturated carbocycles. The Balaban J connectivity index is 2.27. The van der Waals surface area contributed by atoms with Gasteiger partial charge in [-0.1, -0.05) is 6.92 Å². The van der Waals surface area contributed by atoms with Crippen molar-refractivity contribution in [1.29, 1.82) is 0 Å². The van der Waals surface area contributed by atoms with E-state index in [1.54, 1.807) is 12.3 Å². The summed E-state index contributed by atoms with van der Waals surface area (Å²) < 4.78 is 0.760. The van der Waals surface area contributed by atoms with Crippen molar-refractivity contribution in [3.05, 3.63) is 33.7 Å². The van der Waals surface area contributed by atoms with Gasteiger partial charge >= 0.3 is 0 Å². The van der Waals surface area contributed by atoms with E-state index in [-0.39, 0.29) is 5.91 Å². The maximum absolute atomic E-state index is 12.5. The number of rotatable bonds is 5. The summed E-state index contributed by atoms with van der Waals surface area (Å²) in [6.45, 7) is 6.53. The molecule has 112 valence electrons. The van der Waals surface area contributed by atoms with Gasteiger partial charge in [-0.15, -0.1) is 0 Å². The number of nitrogens with zero attached hydrogens (tertiary/aromatic N) is 2. The molecule has 0 aliphatic carbocycles. The van der Waals surface area contributed by atoms with Crippen molar-refractivity contribution < 1.29 is 4.79 Å². The molecule has 6 nitrogen and oxygen atoms in total. The van der Waals surface area contributed by atoms with Crippen molar-refractivity contribution in [3.8, 4) is 0 Å². The van der Waals surface area contributed by atoms with Gasteiger partial charge in [0.1, 0.15) is 5.82 Å². The average molecular weight is 352 g/mol. The number of carbonyl (C=O) groups is 1. The predicted molar refractivity (Wildman–Crippen MR) is 86.7 cm³/mol. The van der Waals surface area contributed by atoms with Gasteiger partial charge in [0.15, 0.2) is 0 Å². The second-order valence-electron chi connectivity index (χ2n) is 4.74. The first kappa shape index (κ1) is 15.5. The van der Waals surface area contributed by atoms with Crippen molar-refractivity contribution in [3.63, 3.8) is 0 Å². The lowest BCUT2D eigenvalue weighted by molar-refractivity contribution is 0.102. The molecule has 7 heteroatoms. The first-order chi connectivity index (χ1) is 10.0. The van der Waals surface area contributed by atoms with Crippen molar-refractivity contribution >= 4 is 33.3 Å². The van der Waals surface area contributed by atoms with Crippen LogP contribution in [0.25, 0.3) is 0 Å². The molecule has 2 heterocycles. The maximum Gasteiger partial charge on any atom is 0.259 e. The number of amides is 1. The summed E-state index contributed by atoms with van der Waals surface area (Å²) in [6, 6.07) is 1.76. The number of nitrogens with one attached hydrogen (secondary N) is 3. The third-order valence-electron chi connectivity index (χ3n) is 3.01. The summed E-state index contributed by atoms with van der Waals surface area (Å²) >= 11 is 3.35. The minimum absolute atomic E-state index is 0.213. The Morgan fingerprint density at radius 3 is 2.81 bits per heavy atom. The molecule has 2 rings (SSSR count). The molecule has 1 amide bonds. The van der Waals surface area contributed by atoms with Crippen molar-refractivity contribution in [2.75, 3.05) is 17.2 Å². The maximum atomic E-state index is 12.5. The standard InChI is InChI=1S/C14H18BrN5O/c1-4-5-16-13-11(6-10(15)7-17-13)14(21)18-12-8(2)19-20-9(12)3/h6-7H,4-5H2,1-3H3,(H,16,17)(H,18,21)(H,19,20). The van der Waals surface area contributed by atoms with Crippen LogP contribution in [0.3, 0.4) is 0 Å². The number of aromatic nitrogens is 3. The van der Waals surface area contributed by atoms with Crippen molar-refractivity contribution in [2.45, 2.75) is 27.2 Å². The molecule has 0 unspecified atom stereocenters. The van der Waals surface area contributed by atoms with Gasteiger partial charge in [0, 0.05) is 17.2 Å². The second kappa shape index (κ2) is 6.71. The Labute approximate surface area is 131 Å². The number of H-pyrrole nitrogens is 1. The van der Waals surface area contributed by atoms with Gasteiger partial charge < -0.3 is 10.6 Å². The lowest BCUT2D eigenvalue weighted by atomic mass is 10.2. The van der Waals surface area contributed by atoms with Crippen LogP contribution in [0.2, 0.25) is 0 Å². The Bertz CT molecular complexity index is 633. The number of anilines is 2. The molecule has 0 saturated heterocycles. The molecule has 0 radical (unpaired) electrons. The molecule has 2 aromatic heterocycles. The summed E-state index contributed by atoms with van der Waals surface area (Å²) in [5.74, 6) is 0.367. The number of halogens is 1. The van der Waals surface area contributed by atoms with Crippen LogP contribution in [0.1, 0.15) is 35.1 Å². The second-order valence-corrected chi connectivity index (χ2v) is 5.66. The highest BCUT2D eigenvalue weighted by Gasteiger charge is 2.16. The highest BCUT2D eigenvalue weighted by molar-refractivity contribution is 9.10. The molecule has 0 bridgehead atoms. The van der Waals surface area contributed by atoms with Gasteiger partial charge in [-0.2, -0.15) is 5.10 Å². The zero-order valence-electron chi connectivity index (χ0n) is 12.2. The smallest absolute Gasteiger partial charge is 0.259 e. The van der Waals surface area contributed by atoms with Crippen molar-refractivity contribution in [2.24, 2.45) is 0 Å². The first-order valence-corrected chi connectivity index (χ1v) is 7.54. The number of aryl methyl sites for hydroxylation is 2. The lowest BCUT2D eigenvalue weighted by Crippen LogP contribution is -2.17. The summed E-state index contributed by atoms with van der Waals surface area (Å²) in [5, 5.41) is 13.0. The fraction of sp³-hybridized carbons (Fsp3) is 0.357. The zero-order valence-corrected chi connectivity index (χ0v) is 13.8. The molecule has 0 fully saturated rings. The molecular weight excluding hydrogens is 334 g/mol. The number of hydrogen-bond acceptors (Lipinski definition) is 4. The number of pyridine rings is 1. The third kappa shape index (κ3) is 3.60. The molecule has 0 aromatic carbocycles. The largest absolute Gasteiger partial charge is 0.369 e. The topological polar surface area (TPSA) is 82.7 Å². The lowest BCUT2D eigenvalue weighted by Gasteiger charge is -2.11. The van der Waals surface area contributed by atoms with Crippen LogP contribution in [0.5, 0.6) is 0 Å². The normalized spacial score (nSPS) is 10.5. The van der Waals surface area contributed by atoms with Crippen LogP contribution in [-0.2, 0) is 0 Å². The Kier molecular flexibility index (Phi) is 4.95. The number of hydrogen-bond donors (Lipinski definition) is 3. The Hall–Kier alpha value is -1.89. The first-order valence-electron chi connectivity index (χ1n) is 6.75. The molecule has 3 N–H and O–H groups in total. The highest BCUT2D eigenvalue weighted by atomic mass is 79.9. The van der Waals surface area contributed by atoms with Gasteiger partial charge in [-0.05, 0) is 42.3 Å². The zero-order chi connectivity index (χ0) is 15.4. The SMILES string of the molecule is CCCNc1ncc(Br)cc1C(=O)Nc1c(C)n[nH]c1C. The number of carbonyl (C=O) groups excluding carboxylic acids is 1. The molecule has 0 aliphatic rings. The fourth-order valence-corrected chi connectivity index (χ4v) is 2.24. The molecule has 0 atom stereocenters. The van der Waals surface area contributed by atoms with E-state index >= 15 is 0 Å². The Morgan fingerprint density at radius 1 is 1.43 bits per heavy atom. The van der Waals surface area contributed by atoms with Gasteiger partial charge in [0.2, 0.25) is 0 Å². The Morgan fingerprint density at radius 2 is 2.19 bits per heavy atom. The van der Waals surface area contributed by atoms with Crippen LogP contribution >= 0.6 is 15.9 Å². The van der Waals surface area contributed by atoms with E-state index in [1.165, 1.54) is 0 Å². The van der Waals surface area contributed by atoms with Crippen LogP contribution in [0.4, 0.5) is 11.5 Å². The van der Waals surface area contributed by atoms with Gasteiger partial charge in [-0.3, -0.25) is 9.89 Å². The summed E-state index contributed by atoms with van der Waals surface area (Å²) in [6.07, 6.45) is 2.63. The predicted octanol–water partition coefficient (Wildman–Crippen LogP) is 3.26. The third-order valence-corrected chi connectivity index (χ3v) is 3.44. The van der Waals surface area contributed by atoms with E-state index in [0.717, 1.165) is 28.8 Å². The fourth-order valence-electron chi connectivity index (χ4n) is 1.91. The van der Waals surface area contributed by atoms with Crippen LogP contribution in [0.15, 0.2) is 16.7 Å². The van der Waals surface area contributed by atoms with Crippen LogP contribution in [-0.4, -0.2) is 27.6 Å². The van der Waals surface area contributed by atoms with E-state index in [1.807, 2.05) is 13.8 Å². The summed E-state index contributed by atoms with van der Waals surface area (Å²) in [5.41, 5.74) is 2.79. The van der Waals surface area contributed by atoms with Crippen molar-refractivity contribution in [1.82, 2.24) is 15.2 Å². The highest BCUT2D eigenvalue weighted by Crippen LogP contribution is 2.22. The van der Waals surface area contributed by atoms with Gasteiger partial charge in [-0.25, -0.2) is 4.98 Å². The summed E-state index contributed by atoms with van der Waals surface area (Å²) in [7, 11) is 0. The van der Waals surface area contributed by atoms with E-state index in [9.17, 15) is 4.79 Å². The summed E-state index contributed by atoms with van der Waals surface area (Å²) in [4.78, 5) is 16.8.